The second-order valence-corrected chi connectivity index (χ2v) is 3.53. The zero-order valence-corrected chi connectivity index (χ0v) is 7.10. The van der Waals surface area contributed by atoms with Crippen LogP contribution in [0.25, 0.3) is 5.57 Å². The van der Waals surface area contributed by atoms with Crippen LogP contribution in [0.1, 0.15) is 11.3 Å². The normalized spacial score (nSPS) is 18.0. The average molecular weight is 164 g/mol. The lowest BCUT2D eigenvalue weighted by molar-refractivity contribution is 0.724. The summed E-state index contributed by atoms with van der Waals surface area (Å²) in [5.41, 5.74) is 1.48. The maximum absolute atomic E-state index is 4.27. The number of thiophene rings is 1. The minimum Gasteiger partial charge on any atom is -0.237 e. The minimum absolute atomic E-state index is 0.910. The Bertz CT molecular complexity index is 249. The van der Waals surface area contributed by atoms with Gasteiger partial charge in [0.1, 0.15) is 0 Å². The largest absolute Gasteiger partial charge is 0.237 e. The SMILES string of the molecule is C1=C(c2cccs2)CC[N]C1. The monoisotopic (exact) mass is 164 g/mol. The third kappa shape index (κ3) is 1.52. The molecule has 0 atom stereocenters. The van der Waals surface area contributed by atoms with E-state index >= 15 is 0 Å². The molecule has 0 bridgehead atoms. The Morgan fingerprint density at radius 1 is 1.45 bits per heavy atom. The van der Waals surface area contributed by atoms with E-state index in [1.165, 1.54) is 10.5 Å². The molecular weight excluding hydrogens is 154 g/mol. The first-order valence-electron chi connectivity index (χ1n) is 3.83. The molecule has 0 aliphatic carbocycles. The van der Waals surface area contributed by atoms with Crippen molar-refractivity contribution in [3.63, 3.8) is 0 Å². The molecule has 0 amide bonds. The first-order chi connectivity index (χ1) is 5.47. The van der Waals surface area contributed by atoms with Crippen molar-refractivity contribution in [1.29, 1.82) is 0 Å². The van der Waals surface area contributed by atoms with E-state index in [9.17, 15) is 0 Å². The minimum atomic E-state index is 0.910. The van der Waals surface area contributed by atoms with Crippen LogP contribution >= 0.6 is 11.3 Å². The fourth-order valence-corrected chi connectivity index (χ4v) is 2.05. The summed E-state index contributed by atoms with van der Waals surface area (Å²) < 4.78 is 0. The summed E-state index contributed by atoms with van der Waals surface area (Å²) >= 11 is 1.82. The molecule has 0 saturated carbocycles. The van der Waals surface area contributed by atoms with Gasteiger partial charge in [-0.25, -0.2) is 5.32 Å². The molecule has 11 heavy (non-hydrogen) atoms. The van der Waals surface area contributed by atoms with Crippen LogP contribution < -0.4 is 5.32 Å². The summed E-state index contributed by atoms with van der Waals surface area (Å²) in [7, 11) is 0. The number of hydrogen-bond acceptors (Lipinski definition) is 1. The molecule has 57 valence electrons. The summed E-state index contributed by atoms with van der Waals surface area (Å²) in [5.74, 6) is 0. The van der Waals surface area contributed by atoms with Gasteiger partial charge < -0.3 is 0 Å². The zero-order valence-electron chi connectivity index (χ0n) is 6.29. The molecule has 2 rings (SSSR count). The van der Waals surface area contributed by atoms with Crippen LogP contribution in [0.2, 0.25) is 0 Å². The van der Waals surface area contributed by atoms with Gasteiger partial charge in [-0.1, -0.05) is 12.1 Å². The smallest absolute Gasteiger partial charge is 0.0320 e. The van der Waals surface area contributed by atoms with Crippen LogP contribution in [-0.4, -0.2) is 13.1 Å². The molecule has 1 aliphatic heterocycles. The van der Waals surface area contributed by atoms with Gasteiger partial charge in [-0.15, -0.1) is 11.3 Å². The fraction of sp³-hybridized carbons (Fsp3) is 0.333. The molecule has 1 nitrogen and oxygen atoms in total. The predicted octanol–water partition coefficient (Wildman–Crippen LogP) is 2.14. The third-order valence-corrected chi connectivity index (χ3v) is 2.79. The Kier molecular flexibility index (Phi) is 2.06. The Hall–Kier alpha value is -0.600. The van der Waals surface area contributed by atoms with Crippen molar-refractivity contribution < 1.29 is 0 Å². The van der Waals surface area contributed by atoms with E-state index in [2.05, 4.69) is 28.9 Å². The third-order valence-electron chi connectivity index (χ3n) is 1.84. The van der Waals surface area contributed by atoms with Gasteiger partial charge in [0.15, 0.2) is 0 Å². The van der Waals surface area contributed by atoms with Crippen molar-refractivity contribution in [3.8, 4) is 0 Å². The van der Waals surface area contributed by atoms with Crippen molar-refractivity contribution in [2.24, 2.45) is 0 Å². The summed E-state index contributed by atoms with van der Waals surface area (Å²) in [4.78, 5) is 1.42. The van der Waals surface area contributed by atoms with Gasteiger partial charge in [0, 0.05) is 18.0 Å². The van der Waals surface area contributed by atoms with Crippen LogP contribution in [0.5, 0.6) is 0 Å². The van der Waals surface area contributed by atoms with Gasteiger partial charge >= 0.3 is 0 Å². The van der Waals surface area contributed by atoms with E-state index in [1.54, 1.807) is 0 Å². The van der Waals surface area contributed by atoms with Crippen molar-refractivity contribution in [2.75, 3.05) is 13.1 Å². The number of rotatable bonds is 1. The molecule has 1 radical (unpaired) electrons. The lowest BCUT2D eigenvalue weighted by Gasteiger charge is -2.10. The summed E-state index contributed by atoms with van der Waals surface area (Å²) in [6, 6.07) is 4.29. The Balaban J connectivity index is 2.22. The van der Waals surface area contributed by atoms with E-state index in [1.807, 2.05) is 11.3 Å². The summed E-state index contributed by atoms with van der Waals surface area (Å²) in [6.07, 6.45) is 3.36. The molecule has 0 N–H and O–H groups in total. The molecule has 2 heterocycles. The lowest BCUT2D eigenvalue weighted by Crippen LogP contribution is -2.12. The van der Waals surface area contributed by atoms with E-state index in [0.717, 1.165) is 19.5 Å². The second-order valence-electron chi connectivity index (χ2n) is 2.59. The fourth-order valence-electron chi connectivity index (χ4n) is 1.25. The van der Waals surface area contributed by atoms with Gasteiger partial charge in [0.25, 0.3) is 0 Å². The van der Waals surface area contributed by atoms with Crippen molar-refractivity contribution in [1.82, 2.24) is 5.32 Å². The molecule has 1 aromatic rings. The highest BCUT2D eigenvalue weighted by Crippen LogP contribution is 2.23. The average Bonchev–Trinajstić information content (AvgIpc) is 2.58. The van der Waals surface area contributed by atoms with E-state index in [4.69, 9.17) is 0 Å². The molecule has 0 fully saturated rings. The maximum atomic E-state index is 4.27. The molecule has 0 unspecified atom stereocenters. The lowest BCUT2D eigenvalue weighted by atomic mass is 10.1. The first kappa shape index (κ1) is 7.07. The van der Waals surface area contributed by atoms with Crippen molar-refractivity contribution in [3.05, 3.63) is 28.5 Å². The quantitative estimate of drug-likeness (QED) is 0.604. The zero-order chi connectivity index (χ0) is 7.52. The van der Waals surface area contributed by atoms with Crippen molar-refractivity contribution >= 4 is 16.9 Å². The highest BCUT2D eigenvalue weighted by molar-refractivity contribution is 7.11. The standard InChI is InChI=1S/C9H10NS/c1-2-9(11-7-1)8-3-5-10-6-4-8/h1-3,7H,4-6H2. The Labute approximate surface area is 70.8 Å². The second kappa shape index (κ2) is 3.20. The Morgan fingerprint density at radius 3 is 3.09 bits per heavy atom. The van der Waals surface area contributed by atoms with E-state index < -0.39 is 0 Å². The van der Waals surface area contributed by atoms with Gasteiger partial charge in [-0.3, -0.25) is 0 Å². The van der Waals surface area contributed by atoms with Crippen LogP contribution in [0, 0.1) is 0 Å². The van der Waals surface area contributed by atoms with Gasteiger partial charge in [0.05, 0.1) is 0 Å². The molecule has 2 heteroatoms. The van der Waals surface area contributed by atoms with E-state index in [0.29, 0.717) is 0 Å². The molecule has 1 aliphatic rings. The highest BCUT2D eigenvalue weighted by atomic mass is 32.1. The van der Waals surface area contributed by atoms with Crippen LogP contribution in [0.4, 0.5) is 0 Å². The number of hydrogen-bond donors (Lipinski definition) is 0. The molecular formula is C9H10NS. The molecule has 1 aromatic heterocycles. The summed E-state index contributed by atoms with van der Waals surface area (Å²) in [5, 5.41) is 6.39. The van der Waals surface area contributed by atoms with Gasteiger partial charge in [-0.2, -0.15) is 0 Å². The predicted molar refractivity (Wildman–Crippen MR) is 48.8 cm³/mol. The molecule has 0 saturated heterocycles. The molecule has 0 aromatic carbocycles. The van der Waals surface area contributed by atoms with Crippen LogP contribution in [0.15, 0.2) is 23.6 Å². The van der Waals surface area contributed by atoms with Gasteiger partial charge in [-0.05, 0) is 23.4 Å². The summed E-state index contributed by atoms with van der Waals surface area (Å²) in [6.45, 7) is 1.91. The van der Waals surface area contributed by atoms with Gasteiger partial charge in [0.2, 0.25) is 0 Å². The number of nitrogens with zero attached hydrogens (tertiary/aromatic N) is 1. The van der Waals surface area contributed by atoms with Crippen LogP contribution in [0.3, 0.4) is 0 Å². The van der Waals surface area contributed by atoms with Crippen LogP contribution in [-0.2, 0) is 0 Å². The Morgan fingerprint density at radius 2 is 2.45 bits per heavy atom. The van der Waals surface area contributed by atoms with Crippen molar-refractivity contribution in [2.45, 2.75) is 6.42 Å². The first-order valence-corrected chi connectivity index (χ1v) is 4.71. The topological polar surface area (TPSA) is 14.1 Å². The molecule has 0 spiro atoms. The highest BCUT2D eigenvalue weighted by Gasteiger charge is 2.05. The maximum Gasteiger partial charge on any atom is 0.0320 e. The van der Waals surface area contributed by atoms with E-state index in [-0.39, 0.29) is 0 Å².